The molecular weight excluding hydrogens is 727 g/mol. The largest absolute Gasteiger partial charge is 0.456 e. The monoisotopic (exact) mass is 759 g/mol. The molecule has 12 aromatic rings. The van der Waals surface area contributed by atoms with Crippen LogP contribution >= 0.6 is 11.3 Å². The van der Waals surface area contributed by atoms with Gasteiger partial charge in [-0.05, 0) is 95.1 Å². The Morgan fingerprint density at radius 3 is 1.62 bits per heavy atom. The van der Waals surface area contributed by atoms with Crippen molar-refractivity contribution in [2.24, 2.45) is 0 Å². The van der Waals surface area contributed by atoms with Crippen LogP contribution in [0.25, 0.3) is 97.4 Å². The fourth-order valence-corrected chi connectivity index (χ4v) is 10.0. The lowest BCUT2D eigenvalue weighted by atomic mass is 9.93. The van der Waals surface area contributed by atoms with E-state index < -0.39 is 0 Å². The van der Waals surface area contributed by atoms with Crippen LogP contribution in [0.15, 0.2) is 209 Å². The summed E-state index contributed by atoms with van der Waals surface area (Å²) in [6, 6.07) is 71.3. The van der Waals surface area contributed by atoms with Gasteiger partial charge in [0.2, 0.25) is 0 Å². The van der Waals surface area contributed by atoms with Crippen molar-refractivity contribution < 1.29 is 8.83 Å². The van der Waals surface area contributed by atoms with E-state index in [-0.39, 0.29) is 0 Å². The molecule has 0 amide bonds. The Hall–Kier alpha value is -7.40. The van der Waals surface area contributed by atoms with E-state index in [0.717, 1.165) is 83.2 Å². The van der Waals surface area contributed by atoms with Gasteiger partial charge < -0.3 is 13.7 Å². The number of fused-ring (bicyclic) bond motifs is 10. The number of furan rings is 2. The number of para-hydroxylation sites is 3. The lowest BCUT2D eigenvalue weighted by Crippen LogP contribution is -2.09. The molecule has 0 fully saturated rings. The lowest BCUT2D eigenvalue weighted by Gasteiger charge is -2.25. The van der Waals surface area contributed by atoms with Crippen molar-refractivity contribution in [1.29, 1.82) is 0 Å². The molecule has 9 aromatic carbocycles. The molecule has 0 aliphatic carbocycles. The summed E-state index contributed by atoms with van der Waals surface area (Å²) in [7, 11) is 0. The van der Waals surface area contributed by atoms with Crippen LogP contribution in [0.1, 0.15) is 0 Å². The van der Waals surface area contributed by atoms with E-state index in [1.807, 2.05) is 29.5 Å². The van der Waals surface area contributed by atoms with Crippen molar-refractivity contribution >= 4 is 92.4 Å². The van der Waals surface area contributed by atoms with Gasteiger partial charge in [-0.15, -0.1) is 11.3 Å². The third kappa shape index (κ3) is 5.19. The Kier molecular flexibility index (Phi) is 7.40. The maximum Gasteiger partial charge on any atom is 0.143 e. The first-order chi connectivity index (χ1) is 28.7. The Bertz CT molecular complexity index is 3450. The van der Waals surface area contributed by atoms with E-state index >= 15 is 0 Å². The molecule has 0 spiro atoms. The molecule has 0 saturated carbocycles. The number of benzene rings is 9. The number of anilines is 3. The molecule has 0 saturated heterocycles. The van der Waals surface area contributed by atoms with Gasteiger partial charge in [0.15, 0.2) is 0 Å². The van der Waals surface area contributed by atoms with Crippen LogP contribution in [0.4, 0.5) is 17.1 Å². The summed E-state index contributed by atoms with van der Waals surface area (Å²) < 4.78 is 15.8. The van der Waals surface area contributed by atoms with Gasteiger partial charge in [0.25, 0.3) is 0 Å². The van der Waals surface area contributed by atoms with Crippen LogP contribution in [0.3, 0.4) is 0 Å². The molecule has 0 unspecified atom stereocenters. The van der Waals surface area contributed by atoms with Gasteiger partial charge in [-0.1, -0.05) is 127 Å². The number of rotatable bonds is 6. The van der Waals surface area contributed by atoms with E-state index in [9.17, 15) is 0 Å². The summed E-state index contributed by atoms with van der Waals surface area (Å²) in [6.45, 7) is 0. The van der Waals surface area contributed by atoms with Crippen molar-refractivity contribution in [1.82, 2.24) is 0 Å². The molecule has 0 aliphatic heterocycles. The number of hydrogen-bond donors (Lipinski definition) is 0. The van der Waals surface area contributed by atoms with Gasteiger partial charge in [-0.2, -0.15) is 0 Å². The molecule has 272 valence electrons. The number of hydrogen-bond acceptors (Lipinski definition) is 4. The molecule has 0 atom stereocenters. The highest BCUT2D eigenvalue weighted by molar-refractivity contribution is 7.26. The van der Waals surface area contributed by atoms with E-state index in [4.69, 9.17) is 8.83 Å². The maximum absolute atomic E-state index is 6.90. The van der Waals surface area contributed by atoms with Gasteiger partial charge in [-0.25, -0.2) is 0 Å². The summed E-state index contributed by atoms with van der Waals surface area (Å²) in [5.41, 5.74) is 13.7. The standard InChI is InChI=1S/C54H33NO2S/c1-3-12-38(13-4-1)55(39-14-5-2-6-15-39)40-28-26-35(27-29-40)34-22-24-36(25-23-34)37-32-45(43-19-11-18-42-41-16-8-10-21-50(41)58-54(42)43)53-46(33-37)52-49(57-53)31-30-48-51(52)44-17-7-9-20-47(44)56-48/h1-33H. The highest BCUT2D eigenvalue weighted by atomic mass is 32.1. The normalized spacial score (nSPS) is 11.8. The average molecular weight is 760 g/mol. The van der Waals surface area contributed by atoms with Crippen LogP contribution in [0.2, 0.25) is 0 Å². The minimum atomic E-state index is 0.854. The zero-order valence-corrected chi connectivity index (χ0v) is 32.0. The minimum absolute atomic E-state index is 0.854. The minimum Gasteiger partial charge on any atom is -0.456 e. The quantitative estimate of drug-likeness (QED) is 0.169. The fourth-order valence-electron chi connectivity index (χ4n) is 8.77. The predicted octanol–water partition coefficient (Wildman–Crippen LogP) is 16.3. The van der Waals surface area contributed by atoms with Crippen molar-refractivity contribution in [2.45, 2.75) is 0 Å². The summed E-state index contributed by atoms with van der Waals surface area (Å²) in [5, 5.41) is 6.90. The maximum atomic E-state index is 6.90. The molecule has 0 radical (unpaired) electrons. The van der Waals surface area contributed by atoms with Crippen molar-refractivity contribution in [2.75, 3.05) is 4.90 Å². The summed E-state index contributed by atoms with van der Waals surface area (Å²) in [6.07, 6.45) is 0. The van der Waals surface area contributed by atoms with Crippen molar-refractivity contribution in [3.05, 3.63) is 200 Å². The average Bonchev–Trinajstić information content (AvgIpc) is 3.98. The van der Waals surface area contributed by atoms with Gasteiger partial charge in [0.05, 0.1) is 0 Å². The van der Waals surface area contributed by atoms with E-state index in [0.29, 0.717) is 0 Å². The van der Waals surface area contributed by atoms with Gasteiger partial charge in [0.1, 0.15) is 22.3 Å². The van der Waals surface area contributed by atoms with Gasteiger partial charge in [-0.3, -0.25) is 0 Å². The third-order valence-corrected chi connectivity index (χ3v) is 12.7. The molecule has 58 heavy (non-hydrogen) atoms. The smallest absolute Gasteiger partial charge is 0.143 e. The Balaban J connectivity index is 1.01. The number of thiophene rings is 1. The second-order valence-electron chi connectivity index (χ2n) is 14.8. The molecule has 3 nitrogen and oxygen atoms in total. The third-order valence-electron chi connectivity index (χ3n) is 11.5. The van der Waals surface area contributed by atoms with E-state index in [2.05, 4.69) is 187 Å². The first kappa shape index (κ1) is 32.8. The Morgan fingerprint density at radius 2 is 0.897 bits per heavy atom. The van der Waals surface area contributed by atoms with Crippen LogP contribution < -0.4 is 4.90 Å². The molecule has 12 rings (SSSR count). The van der Waals surface area contributed by atoms with Crippen LogP contribution in [0, 0.1) is 0 Å². The topological polar surface area (TPSA) is 29.5 Å². The zero-order valence-electron chi connectivity index (χ0n) is 31.2. The molecule has 3 aromatic heterocycles. The first-order valence-electron chi connectivity index (χ1n) is 19.6. The second-order valence-corrected chi connectivity index (χ2v) is 15.9. The van der Waals surface area contributed by atoms with Crippen LogP contribution in [-0.2, 0) is 0 Å². The first-order valence-corrected chi connectivity index (χ1v) is 20.4. The van der Waals surface area contributed by atoms with Crippen LogP contribution in [0.5, 0.6) is 0 Å². The fraction of sp³-hybridized carbons (Fsp3) is 0. The van der Waals surface area contributed by atoms with Crippen LogP contribution in [-0.4, -0.2) is 0 Å². The number of nitrogens with zero attached hydrogens (tertiary/aromatic N) is 1. The molecular formula is C54H33NO2S. The zero-order chi connectivity index (χ0) is 38.2. The summed E-state index contributed by atoms with van der Waals surface area (Å²) in [4.78, 5) is 2.29. The van der Waals surface area contributed by atoms with Gasteiger partial charge >= 0.3 is 0 Å². The Morgan fingerprint density at radius 1 is 0.345 bits per heavy atom. The van der Waals surface area contributed by atoms with Crippen molar-refractivity contribution in [3.63, 3.8) is 0 Å². The lowest BCUT2D eigenvalue weighted by molar-refractivity contribution is 0.663. The Labute approximate surface area is 338 Å². The van der Waals surface area contributed by atoms with E-state index in [1.165, 1.54) is 31.3 Å². The summed E-state index contributed by atoms with van der Waals surface area (Å²) in [5.74, 6) is 0. The van der Waals surface area contributed by atoms with Crippen molar-refractivity contribution in [3.8, 4) is 33.4 Å². The summed E-state index contributed by atoms with van der Waals surface area (Å²) >= 11 is 1.85. The molecule has 0 bridgehead atoms. The molecule has 4 heteroatoms. The molecule has 0 N–H and O–H groups in total. The predicted molar refractivity (Wildman–Crippen MR) is 245 cm³/mol. The second kappa shape index (κ2) is 13.1. The molecule has 3 heterocycles. The van der Waals surface area contributed by atoms with E-state index in [1.54, 1.807) is 0 Å². The van der Waals surface area contributed by atoms with Gasteiger partial charge in [0, 0.05) is 69.9 Å². The highest BCUT2D eigenvalue weighted by Gasteiger charge is 2.22. The highest BCUT2D eigenvalue weighted by Crippen LogP contribution is 2.47. The molecule has 0 aliphatic rings. The SMILES string of the molecule is c1ccc(N(c2ccccc2)c2ccc(-c3ccc(-c4cc(-c5cccc6c5sc5ccccc56)c5oc6ccc7oc8ccccc8c7c6c5c4)cc3)cc2)cc1.